The van der Waals surface area contributed by atoms with Crippen molar-refractivity contribution >= 4 is 29.2 Å². The number of nitrogens with zero attached hydrogens (tertiary/aromatic N) is 5. The summed E-state index contributed by atoms with van der Waals surface area (Å²) >= 11 is 0. The Labute approximate surface area is 213 Å². The molecule has 3 rings (SSSR count). The van der Waals surface area contributed by atoms with Gasteiger partial charge in [0.15, 0.2) is 5.69 Å². The summed E-state index contributed by atoms with van der Waals surface area (Å²) in [6, 6.07) is 0. The molecule has 0 unspecified atom stereocenters. The number of nitrogens with one attached hydrogen (secondary N) is 1. The first-order valence-corrected chi connectivity index (χ1v) is 12.5. The largest absolute Gasteiger partial charge is 0.444 e. The number of hydrogen-bond donors (Lipinski definition) is 1. The van der Waals surface area contributed by atoms with Crippen LogP contribution in [0.4, 0.5) is 4.79 Å². The van der Waals surface area contributed by atoms with Gasteiger partial charge >= 0.3 is 6.09 Å². The van der Waals surface area contributed by atoms with Crippen LogP contribution in [0.3, 0.4) is 0 Å². The van der Waals surface area contributed by atoms with E-state index in [2.05, 4.69) is 19.8 Å². The monoisotopic (exact) mass is 500 g/mol. The quantitative estimate of drug-likeness (QED) is 0.639. The van der Waals surface area contributed by atoms with Gasteiger partial charge in [0.2, 0.25) is 0 Å². The van der Waals surface area contributed by atoms with Crippen LogP contribution in [0.2, 0.25) is 0 Å². The van der Waals surface area contributed by atoms with E-state index in [1.807, 2.05) is 54.7 Å². The molecule has 0 fully saturated rings. The highest BCUT2D eigenvalue weighted by molar-refractivity contribution is 6.42. The van der Waals surface area contributed by atoms with Gasteiger partial charge in [0.1, 0.15) is 17.1 Å². The van der Waals surface area contributed by atoms with Crippen molar-refractivity contribution < 1.29 is 19.1 Å². The topological polar surface area (TPSA) is 109 Å². The Hall–Kier alpha value is -3.01. The van der Waals surface area contributed by atoms with Gasteiger partial charge in [-0.2, -0.15) is 0 Å². The first kappa shape index (κ1) is 27.6. The lowest BCUT2D eigenvalue weighted by Gasteiger charge is -2.29. The predicted octanol–water partition coefficient (Wildman–Crippen LogP) is 3.12. The molecule has 198 valence electrons. The Morgan fingerprint density at radius 1 is 1.08 bits per heavy atom. The third-order valence-electron chi connectivity index (χ3n) is 6.13. The second kappa shape index (κ2) is 10.5. The summed E-state index contributed by atoms with van der Waals surface area (Å²) < 4.78 is 7.61. The third-order valence-corrected chi connectivity index (χ3v) is 6.13. The molecule has 0 aromatic carbocycles. The number of ether oxygens (including phenoxy) is 1. The summed E-state index contributed by atoms with van der Waals surface area (Å²) in [7, 11) is 3.55. The van der Waals surface area contributed by atoms with E-state index < -0.39 is 16.9 Å². The summed E-state index contributed by atoms with van der Waals surface area (Å²) in [4.78, 5) is 51.3. The Balaban J connectivity index is 1.98. The van der Waals surface area contributed by atoms with Gasteiger partial charge in [-0.15, -0.1) is 0 Å². The Kier molecular flexibility index (Phi) is 8.07. The Morgan fingerprint density at radius 3 is 2.33 bits per heavy atom. The fourth-order valence-corrected chi connectivity index (χ4v) is 4.33. The van der Waals surface area contributed by atoms with E-state index >= 15 is 0 Å². The third kappa shape index (κ3) is 6.40. The van der Waals surface area contributed by atoms with Crippen molar-refractivity contribution in [3.63, 3.8) is 0 Å². The van der Waals surface area contributed by atoms with Crippen LogP contribution in [-0.2, 0) is 22.6 Å². The molecular formula is C26H40N6O4. The second-order valence-electron chi connectivity index (χ2n) is 11.5. The molecule has 2 aliphatic rings. The van der Waals surface area contributed by atoms with E-state index in [0.717, 1.165) is 36.6 Å². The second-order valence-corrected chi connectivity index (χ2v) is 11.5. The van der Waals surface area contributed by atoms with E-state index in [-0.39, 0.29) is 23.4 Å². The average Bonchev–Trinajstić information content (AvgIpc) is 3.01. The normalized spacial score (nSPS) is 17.7. The van der Waals surface area contributed by atoms with Crippen molar-refractivity contribution in [3.8, 4) is 0 Å². The minimum atomic E-state index is -0.608. The maximum absolute atomic E-state index is 13.4. The van der Waals surface area contributed by atoms with Gasteiger partial charge in [-0.1, -0.05) is 26.8 Å². The number of aromatic nitrogens is 2. The molecule has 3 amide bonds. The molecule has 0 radical (unpaired) electrons. The van der Waals surface area contributed by atoms with E-state index in [0.29, 0.717) is 26.1 Å². The summed E-state index contributed by atoms with van der Waals surface area (Å²) in [5, 5.41) is 2.58. The molecule has 0 saturated carbocycles. The number of rotatable bonds is 3. The molecule has 0 atom stereocenters. The number of carbonyl (C=O) groups excluding carboxylic acids is 3. The zero-order chi connectivity index (χ0) is 26.8. The molecule has 1 aromatic heterocycles. The van der Waals surface area contributed by atoms with Crippen molar-refractivity contribution in [3.05, 3.63) is 23.3 Å². The molecule has 2 aliphatic heterocycles. The lowest BCUT2D eigenvalue weighted by atomic mass is 9.89. The number of hydrogen-bond acceptors (Lipinski definition) is 6. The van der Waals surface area contributed by atoms with E-state index in [1.165, 1.54) is 7.05 Å². The van der Waals surface area contributed by atoms with Crippen LogP contribution in [0.25, 0.3) is 5.57 Å². The van der Waals surface area contributed by atoms with Crippen LogP contribution in [0, 0.1) is 5.41 Å². The zero-order valence-electron chi connectivity index (χ0n) is 22.9. The Bertz CT molecular complexity index is 1090. The molecule has 3 heterocycles. The van der Waals surface area contributed by atoms with Crippen LogP contribution in [0.5, 0.6) is 0 Å². The van der Waals surface area contributed by atoms with Crippen molar-refractivity contribution in [1.29, 1.82) is 0 Å². The molecule has 1 aromatic rings. The molecule has 0 bridgehead atoms. The van der Waals surface area contributed by atoms with Crippen LogP contribution in [0.1, 0.15) is 76.4 Å². The van der Waals surface area contributed by atoms with Gasteiger partial charge in [0.25, 0.3) is 11.8 Å². The lowest BCUT2D eigenvalue weighted by Crippen LogP contribution is -2.39. The van der Waals surface area contributed by atoms with Gasteiger partial charge in [0.05, 0.1) is 5.69 Å². The molecule has 36 heavy (non-hydrogen) atoms. The highest BCUT2D eigenvalue weighted by Crippen LogP contribution is 2.28. The average molecular weight is 501 g/mol. The summed E-state index contributed by atoms with van der Waals surface area (Å²) in [5.74, 6) is -0.156. The number of aliphatic imine (C=N–C) groups is 1. The van der Waals surface area contributed by atoms with E-state index in [9.17, 15) is 14.4 Å². The zero-order valence-corrected chi connectivity index (χ0v) is 22.9. The molecule has 10 heteroatoms. The maximum Gasteiger partial charge on any atom is 0.410 e. The maximum atomic E-state index is 13.4. The van der Waals surface area contributed by atoms with Crippen LogP contribution >= 0.6 is 0 Å². The van der Waals surface area contributed by atoms with Crippen molar-refractivity contribution in [2.45, 2.75) is 73.1 Å². The van der Waals surface area contributed by atoms with E-state index in [1.54, 1.807) is 4.90 Å². The van der Waals surface area contributed by atoms with Crippen LogP contribution in [-0.4, -0.2) is 82.3 Å². The minimum Gasteiger partial charge on any atom is -0.444 e. The van der Waals surface area contributed by atoms with Gasteiger partial charge in [-0.3, -0.25) is 9.59 Å². The fraction of sp³-hybridized carbons (Fsp3) is 0.654. The highest BCUT2D eigenvalue weighted by atomic mass is 16.6. The van der Waals surface area contributed by atoms with Crippen LogP contribution < -0.4 is 5.32 Å². The SMILES string of the molecule is CNC(=O)/C(=N/C(=O)c1nc(C2=CCN(C(=O)OC(C)(C)C)CC2)n2c1CN(C)CCC2)C(C)(C)C. The lowest BCUT2D eigenvalue weighted by molar-refractivity contribution is -0.114. The summed E-state index contributed by atoms with van der Waals surface area (Å²) in [6.45, 7) is 14.2. The molecular weight excluding hydrogens is 460 g/mol. The predicted molar refractivity (Wildman–Crippen MR) is 139 cm³/mol. The molecule has 0 aliphatic carbocycles. The van der Waals surface area contributed by atoms with Crippen molar-refractivity contribution in [1.82, 2.24) is 24.7 Å². The number of amides is 3. The van der Waals surface area contributed by atoms with Gasteiger partial charge in [-0.05, 0) is 52.8 Å². The number of carbonyl (C=O) groups is 3. The highest BCUT2D eigenvalue weighted by Gasteiger charge is 2.31. The summed E-state index contributed by atoms with van der Waals surface area (Å²) in [6.07, 6.45) is 3.18. The van der Waals surface area contributed by atoms with Crippen LogP contribution in [0.15, 0.2) is 11.1 Å². The first-order chi connectivity index (χ1) is 16.7. The standard InChI is InChI=1S/C26H40N6O4/c1-25(2,3)20(23(34)27-7)29-22(33)19-18-16-30(8)12-9-13-32(18)21(28-19)17-10-14-31(15-11-17)24(35)36-26(4,5)6/h10H,9,11-16H2,1-8H3,(H,27,34)/b29-20-. The smallest absolute Gasteiger partial charge is 0.410 e. The minimum absolute atomic E-state index is 0.171. The summed E-state index contributed by atoms with van der Waals surface area (Å²) in [5.41, 5.74) is 1.09. The van der Waals surface area contributed by atoms with Gasteiger partial charge in [-0.25, -0.2) is 14.8 Å². The van der Waals surface area contributed by atoms with Gasteiger partial charge in [0, 0.05) is 38.6 Å². The van der Waals surface area contributed by atoms with Crippen molar-refractivity contribution in [2.75, 3.05) is 33.7 Å². The van der Waals surface area contributed by atoms with E-state index in [4.69, 9.17) is 9.72 Å². The molecule has 10 nitrogen and oxygen atoms in total. The van der Waals surface area contributed by atoms with Gasteiger partial charge < -0.3 is 24.4 Å². The molecule has 1 N–H and O–H groups in total. The first-order valence-electron chi connectivity index (χ1n) is 12.5. The number of fused-ring (bicyclic) bond motifs is 1. The van der Waals surface area contributed by atoms with Crippen molar-refractivity contribution in [2.24, 2.45) is 10.4 Å². The molecule has 0 spiro atoms. The fourth-order valence-electron chi connectivity index (χ4n) is 4.33. The Morgan fingerprint density at radius 2 is 1.78 bits per heavy atom. The molecule has 0 saturated heterocycles. The number of imidazole rings is 1.